The molecule has 4 rings (SSSR count). The number of fused-ring (bicyclic) bond motifs is 3. The molecule has 3 saturated heterocycles. The molecule has 3 atom stereocenters. The first kappa shape index (κ1) is 14.7. The number of nitrogens with zero attached hydrogens (tertiary/aromatic N) is 2. The molecular weight excluding hydrogens is 268 g/mol. The van der Waals surface area contributed by atoms with E-state index < -0.39 is 0 Å². The van der Waals surface area contributed by atoms with E-state index in [1.165, 1.54) is 70.3 Å². The van der Waals surface area contributed by atoms with Gasteiger partial charge in [-0.1, -0.05) is 37.3 Å². The molecule has 120 valence electrons. The van der Waals surface area contributed by atoms with Crippen molar-refractivity contribution in [2.24, 2.45) is 5.41 Å². The minimum absolute atomic E-state index is 0.648. The molecule has 1 spiro atoms. The van der Waals surface area contributed by atoms with Gasteiger partial charge in [-0.2, -0.15) is 0 Å². The Morgan fingerprint density at radius 3 is 2.82 bits per heavy atom. The van der Waals surface area contributed by atoms with Crippen LogP contribution in [-0.4, -0.2) is 48.1 Å². The van der Waals surface area contributed by atoms with Gasteiger partial charge in [0, 0.05) is 30.6 Å². The summed E-state index contributed by atoms with van der Waals surface area (Å²) in [4.78, 5) is 5.62. The summed E-state index contributed by atoms with van der Waals surface area (Å²) in [6, 6.07) is 12.8. The zero-order chi connectivity index (χ0) is 15.0. The fourth-order valence-corrected chi connectivity index (χ4v) is 5.56. The van der Waals surface area contributed by atoms with E-state index in [1.807, 2.05) is 0 Å². The SMILES string of the molecule is CCCN1[C@H]2CC[C@H]1[C@]1(CCN(CCc3ccccc3)C1)C2. The fourth-order valence-electron chi connectivity index (χ4n) is 5.56. The molecule has 2 bridgehead atoms. The second-order valence-corrected chi connectivity index (χ2v) is 7.81. The van der Waals surface area contributed by atoms with Gasteiger partial charge in [0.15, 0.2) is 0 Å². The van der Waals surface area contributed by atoms with Gasteiger partial charge < -0.3 is 4.90 Å². The molecule has 1 aromatic rings. The van der Waals surface area contributed by atoms with Crippen LogP contribution < -0.4 is 0 Å². The van der Waals surface area contributed by atoms with Crippen LogP contribution in [0.4, 0.5) is 0 Å². The van der Waals surface area contributed by atoms with Crippen molar-refractivity contribution >= 4 is 0 Å². The van der Waals surface area contributed by atoms with E-state index in [4.69, 9.17) is 0 Å². The van der Waals surface area contributed by atoms with Gasteiger partial charge in [0.25, 0.3) is 0 Å². The highest BCUT2D eigenvalue weighted by Crippen LogP contribution is 2.54. The maximum atomic E-state index is 2.88. The van der Waals surface area contributed by atoms with Gasteiger partial charge in [-0.15, -0.1) is 0 Å². The lowest BCUT2D eigenvalue weighted by Crippen LogP contribution is -2.40. The Labute approximate surface area is 135 Å². The van der Waals surface area contributed by atoms with Crippen molar-refractivity contribution in [3.05, 3.63) is 35.9 Å². The molecule has 0 aromatic heterocycles. The van der Waals surface area contributed by atoms with E-state index >= 15 is 0 Å². The van der Waals surface area contributed by atoms with E-state index in [1.54, 1.807) is 0 Å². The molecule has 0 saturated carbocycles. The number of likely N-dealkylation sites (tertiary alicyclic amines) is 1. The summed E-state index contributed by atoms with van der Waals surface area (Å²) in [6.07, 6.45) is 8.40. The molecule has 2 heteroatoms. The van der Waals surface area contributed by atoms with Gasteiger partial charge in [0.1, 0.15) is 0 Å². The maximum Gasteiger partial charge on any atom is 0.0168 e. The van der Waals surface area contributed by atoms with E-state index in [9.17, 15) is 0 Å². The second-order valence-electron chi connectivity index (χ2n) is 7.81. The van der Waals surface area contributed by atoms with Crippen LogP contribution in [0.25, 0.3) is 0 Å². The predicted octanol–water partition coefficient (Wildman–Crippen LogP) is 3.57. The molecule has 3 aliphatic rings. The van der Waals surface area contributed by atoms with Crippen LogP contribution in [-0.2, 0) is 6.42 Å². The molecule has 0 amide bonds. The highest BCUT2D eigenvalue weighted by Gasteiger charge is 2.57. The van der Waals surface area contributed by atoms with Gasteiger partial charge in [0.2, 0.25) is 0 Å². The Kier molecular flexibility index (Phi) is 4.00. The standard InChI is InChI=1S/C20H30N2/c1-2-12-22-18-8-9-19(22)20(15-18)11-14-21(16-20)13-10-17-6-4-3-5-7-17/h3-7,18-19H,2,8-16H2,1H3/t18-,19-,20+/m0/s1. The highest BCUT2D eigenvalue weighted by atomic mass is 15.3. The molecule has 2 nitrogen and oxygen atoms in total. The van der Waals surface area contributed by atoms with Gasteiger partial charge >= 0.3 is 0 Å². The molecule has 3 aliphatic heterocycles. The molecule has 0 unspecified atom stereocenters. The van der Waals surface area contributed by atoms with E-state index in [-0.39, 0.29) is 0 Å². The zero-order valence-corrected chi connectivity index (χ0v) is 14.0. The normalized spacial score (nSPS) is 35.0. The average Bonchev–Trinajstić information content (AvgIpc) is 3.20. The summed E-state index contributed by atoms with van der Waals surface area (Å²) < 4.78 is 0. The van der Waals surface area contributed by atoms with Gasteiger partial charge in [-0.25, -0.2) is 0 Å². The topological polar surface area (TPSA) is 6.48 Å². The summed E-state index contributed by atoms with van der Waals surface area (Å²) in [5.41, 5.74) is 2.14. The van der Waals surface area contributed by atoms with Crippen LogP contribution in [0.1, 0.15) is 44.6 Å². The lowest BCUT2D eigenvalue weighted by Gasteiger charge is -2.34. The number of hydrogen-bond acceptors (Lipinski definition) is 2. The third kappa shape index (κ3) is 2.51. The lowest BCUT2D eigenvalue weighted by atomic mass is 9.73. The molecular formula is C20H30N2. The monoisotopic (exact) mass is 298 g/mol. The maximum absolute atomic E-state index is 2.88. The zero-order valence-electron chi connectivity index (χ0n) is 14.0. The molecule has 0 radical (unpaired) electrons. The number of rotatable bonds is 5. The Bertz CT molecular complexity index is 500. The summed E-state index contributed by atoms with van der Waals surface area (Å²) >= 11 is 0. The lowest BCUT2D eigenvalue weighted by molar-refractivity contribution is 0.164. The Hall–Kier alpha value is -0.860. The molecule has 0 aliphatic carbocycles. The van der Waals surface area contributed by atoms with Gasteiger partial charge in [-0.3, -0.25) is 4.90 Å². The first-order valence-corrected chi connectivity index (χ1v) is 9.33. The molecule has 3 fully saturated rings. The van der Waals surface area contributed by atoms with Crippen LogP contribution in [0.2, 0.25) is 0 Å². The van der Waals surface area contributed by atoms with Crippen LogP contribution >= 0.6 is 0 Å². The van der Waals surface area contributed by atoms with Crippen molar-refractivity contribution in [3.63, 3.8) is 0 Å². The largest absolute Gasteiger partial charge is 0.302 e. The van der Waals surface area contributed by atoms with Crippen molar-refractivity contribution in [1.82, 2.24) is 9.80 Å². The third-order valence-electron chi connectivity index (χ3n) is 6.50. The van der Waals surface area contributed by atoms with Crippen LogP contribution in [0.5, 0.6) is 0 Å². The third-order valence-corrected chi connectivity index (χ3v) is 6.50. The first-order valence-electron chi connectivity index (χ1n) is 9.33. The van der Waals surface area contributed by atoms with Crippen molar-refractivity contribution in [1.29, 1.82) is 0 Å². The van der Waals surface area contributed by atoms with Crippen LogP contribution in [0.15, 0.2) is 30.3 Å². The van der Waals surface area contributed by atoms with Crippen LogP contribution in [0, 0.1) is 5.41 Å². The summed E-state index contributed by atoms with van der Waals surface area (Å²) in [5, 5.41) is 0. The van der Waals surface area contributed by atoms with Crippen molar-refractivity contribution < 1.29 is 0 Å². The number of benzene rings is 1. The number of hydrogen-bond donors (Lipinski definition) is 0. The van der Waals surface area contributed by atoms with E-state index in [2.05, 4.69) is 47.1 Å². The summed E-state index contributed by atoms with van der Waals surface area (Å²) in [5.74, 6) is 0. The summed E-state index contributed by atoms with van der Waals surface area (Å²) in [7, 11) is 0. The van der Waals surface area contributed by atoms with E-state index in [0.29, 0.717) is 5.41 Å². The minimum atomic E-state index is 0.648. The molecule has 0 N–H and O–H groups in total. The Morgan fingerprint density at radius 2 is 2.00 bits per heavy atom. The quantitative estimate of drug-likeness (QED) is 0.820. The fraction of sp³-hybridized carbons (Fsp3) is 0.700. The first-order chi connectivity index (χ1) is 10.8. The minimum Gasteiger partial charge on any atom is -0.302 e. The van der Waals surface area contributed by atoms with Crippen molar-refractivity contribution in [3.8, 4) is 0 Å². The second kappa shape index (κ2) is 5.98. The van der Waals surface area contributed by atoms with E-state index in [0.717, 1.165) is 12.1 Å². The molecule has 1 aromatic carbocycles. The van der Waals surface area contributed by atoms with Crippen LogP contribution in [0.3, 0.4) is 0 Å². The van der Waals surface area contributed by atoms with Gasteiger partial charge in [-0.05, 0) is 57.2 Å². The van der Waals surface area contributed by atoms with Gasteiger partial charge in [0.05, 0.1) is 0 Å². The smallest absolute Gasteiger partial charge is 0.0168 e. The van der Waals surface area contributed by atoms with Crippen molar-refractivity contribution in [2.75, 3.05) is 26.2 Å². The Morgan fingerprint density at radius 1 is 1.14 bits per heavy atom. The molecule has 3 heterocycles. The average molecular weight is 298 g/mol. The highest BCUT2D eigenvalue weighted by molar-refractivity contribution is 5.16. The van der Waals surface area contributed by atoms with Crippen molar-refractivity contribution in [2.45, 2.75) is 57.5 Å². The Balaban J connectivity index is 1.36. The molecule has 22 heavy (non-hydrogen) atoms. The summed E-state index contributed by atoms with van der Waals surface area (Å²) in [6.45, 7) is 7.61. The predicted molar refractivity (Wildman–Crippen MR) is 92.1 cm³/mol.